The van der Waals surface area contributed by atoms with Crippen molar-refractivity contribution in [3.63, 3.8) is 0 Å². The lowest BCUT2D eigenvalue weighted by atomic mass is 10.4. The minimum absolute atomic E-state index is 0.441. The highest BCUT2D eigenvalue weighted by atomic mass is 79.9. The molecular weight excluding hydrogens is 206 g/mol. The second kappa shape index (κ2) is 3.26. The van der Waals surface area contributed by atoms with Crippen molar-refractivity contribution in [2.45, 2.75) is 19.9 Å². The lowest BCUT2D eigenvalue weighted by Gasteiger charge is -2.09. The molecule has 0 radical (unpaired) electrons. The first-order valence-electron chi connectivity index (χ1n) is 3.57. The van der Waals surface area contributed by atoms with Crippen LogP contribution < -0.4 is 5.32 Å². The van der Waals surface area contributed by atoms with Crippen LogP contribution >= 0.6 is 15.9 Å². The van der Waals surface area contributed by atoms with Gasteiger partial charge in [0.1, 0.15) is 4.60 Å². The minimum atomic E-state index is 0.441. The number of aromatic nitrogens is 2. The van der Waals surface area contributed by atoms with Crippen molar-refractivity contribution in [3.05, 3.63) is 10.8 Å². The Kier molecular flexibility index (Phi) is 2.54. The maximum atomic E-state index is 4.22. The van der Waals surface area contributed by atoms with Gasteiger partial charge < -0.3 is 9.88 Å². The summed E-state index contributed by atoms with van der Waals surface area (Å²) in [4.78, 5) is 4.22. The molecule has 0 bridgehead atoms. The van der Waals surface area contributed by atoms with Gasteiger partial charge in [-0.3, -0.25) is 0 Å². The van der Waals surface area contributed by atoms with E-state index >= 15 is 0 Å². The minimum Gasteiger partial charge on any atom is -0.359 e. The van der Waals surface area contributed by atoms with Gasteiger partial charge in [-0.15, -0.1) is 0 Å². The number of rotatable bonds is 2. The third kappa shape index (κ3) is 1.74. The molecule has 0 aliphatic carbocycles. The van der Waals surface area contributed by atoms with E-state index in [0.29, 0.717) is 6.04 Å². The summed E-state index contributed by atoms with van der Waals surface area (Å²) in [7, 11) is 1.87. The molecule has 1 rings (SSSR count). The highest BCUT2D eigenvalue weighted by molar-refractivity contribution is 9.10. The predicted octanol–water partition coefficient (Wildman–Crippen LogP) is 2.27. The molecule has 1 aromatic rings. The summed E-state index contributed by atoms with van der Waals surface area (Å²) in [5.41, 5.74) is 0. The fourth-order valence-corrected chi connectivity index (χ4v) is 1.33. The van der Waals surface area contributed by atoms with Gasteiger partial charge in [-0.1, -0.05) is 0 Å². The number of nitrogens with one attached hydrogen (secondary N) is 1. The summed E-state index contributed by atoms with van der Waals surface area (Å²) < 4.78 is 2.94. The topological polar surface area (TPSA) is 29.9 Å². The number of hydrogen-bond acceptors (Lipinski definition) is 2. The summed E-state index contributed by atoms with van der Waals surface area (Å²) in [6.07, 6.45) is 1.97. The zero-order chi connectivity index (χ0) is 8.43. The van der Waals surface area contributed by atoms with Crippen LogP contribution in [0.3, 0.4) is 0 Å². The van der Waals surface area contributed by atoms with Gasteiger partial charge in [0.15, 0.2) is 0 Å². The van der Waals surface area contributed by atoms with Crippen molar-refractivity contribution in [2.75, 3.05) is 12.4 Å². The molecule has 4 heteroatoms. The van der Waals surface area contributed by atoms with Gasteiger partial charge >= 0.3 is 0 Å². The lowest BCUT2D eigenvalue weighted by Crippen LogP contribution is -2.04. The van der Waals surface area contributed by atoms with Crippen LogP contribution in [0.5, 0.6) is 0 Å². The third-order valence-corrected chi connectivity index (χ3v) is 1.86. The van der Waals surface area contributed by atoms with E-state index in [1.165, 1.54) is 0 Å². The second-order valence-electron chi connectivity index (χ2n) is 2.64. The highest BCUT2D eigenvalue weighted by Gasteiger charge is 2.05. The van der Waals surface area contributed by atoms with E-state index in [4.69, 9.17) is 0 Å². The van der Waals surface area contributed by atoms with Gasteiger partial charge in [-0.05, 0) is 29.8 Å². The van der Waals surface area contributed by atoms with Crippen LogP contribution in [0.15, 0.2) is 10.8 Å². The first-order valence-corrected chi connectivity index (χ1v) is 4.36. The van der Waals surface area contributed by atoms with Crippen molar-refractivity contribution in [1.82, 2.24) is 9.55 Å². The monoisotopic (exact) mass is 217 g/mol. The number of imidazole rings is 1. The van der Waals surface area contributed by atoms with Crippen molar-refractivity contribution < 1.29 is 0 Å². The predicted molar refractivity (Wildman–Crippen MR) is 49.9 cm³/mol. The molecule has 62 valence electrons. The average Bonchev–Trinajstić information content (AvgIpc) is 2.30. The van der Waals surface area contributed by atoms with E-state index in [2.05, 4.69) is 44.6 Å². The van der Waals surface area contributed by atoms with Crippen molar-refractivity contribution in [1.29, 1.82) is 0 Å². The van der Waals surface area contributed by atoms with Crippen LogP contribution in [0, 0.1) is 0 Å². The molecule has 0 fully saturated rings. The SMILES string of the molecule is CNc1nc(Br)cn1C(C)C. The molecule has 1 heterocycles. The fraction of sp³-hybridized carbons (Fsp3) is 0.571. The molecule has 0 aliphatic heterocycles. The highest BCUT2D eigenvalue weighted by Crippen LogP contribution is 2.18. The molecule has 0 unspecified atom stereocenters. The molecule has 0 atom stereocenters. The number of halogens is 1. The summed E-state index contributed by atoms with van der Waals surface area (Å²) in [6, 6.07) is 0.441. The first kappa shape index (κ1) is 8.59. The van der Waals surface area contributed by atoms with E-state index in [1.54, 1.807) is 0 Å². The van der Waals surface area contributed by atoms with Gasteiger partial charge in [0.05, 0.1) is 0 Å². The molecule has 1 N–H and O–H groups in total. The Morgan fingerprint density at radius 1 is 1.64 bits per heavy atom. The lowest BCUT2D eigenvalue weighted by molar-refractivity contribution is 0.606. The molecule has 0 spiro atoms. The van der Waals surface area contributed by atoms with Gasteiger partial charge in [-0.25, -0.2) is 4.98 Å². The Labute approximate surface area is 74.9 Å². The van der Waals surface area contributed by atoms with Crippen LogP contribution in [-0.2, 0) is 0 Å². The standard InChI is InChI=1S/C7H12BrN3/c1-5(2)11-4-6(8)10-7(11)9-3/h4-5H,1-3H3,(H,9,10). The van der Waals surface area contributed by atoms with E-state index in [9.17, 15) is 0 Å². The van der Waals surface area contributed by atoms with E-state index in [-0.39, 0.29) is 0 Å². The largest absolute Gasteiger partial charge is 0.359 e. The van der Waals surface area contributed by atoms with Crippen molar-refractivity contribution in [2.24, 2.45) is 0 Å². The number of anilines is 1. The quantitative estimate of drug-likeness (QED) is 0.825. The van der Waals surface area contributed by atoms with Gasteiger partial charge in [0.2, 0.25) is 5.95 Å². The Hall–Kier alpha value is -0.510. The molecule has 0 aliphatic rings. The zero-order valence-electron chi connectivity index (χ0n) is 6.93. The van der Waals surface area contributed by atoms with Crippen LogP contribution in [0.4, 0.5) is 5.95 Å². The normalized spacial score (nSPS) is 10.6. The van der Waals surface area contributed by atoms with E-state index < -0.39 is 0 Å². The summed E-state index contributed by atoms with van der Waals surface area (Å²) in [5, 5.41) is 3.02. The second-order valence-corrected chi connectivity index (χ2v) is 3.45. The molecule has 0 saturated heterocycles. The fourth-order valence-electron chi connectivity index (χ4n) is 0.942. The molecule has 0 amide bonds. The smallest absolute Gasteiger partial charge is 0.203 e. The summed E-state index contributed by atoms with van der Waals surface area (Å²) in [6.45, 7) is 4.24. The Bertz CT molecular complexity index is 242. The maximum Gasteiger partial charge on any atom is 0.203 e. The average molecular weight is 218 g/mol. The van der Waals surface area contributed by atoms with Crippen LogP contribution in [0.2, 0.25) is 0 Å². The van der Waals surface area contributed by atoms with Gasteiger partial charge in [-0.2, -0.15) is 0 Å². The van der Waals surface area contributed by atoms with Crippen molar-refractivity contribution in [3.8, 4) is 0 Å². The molecule has 3 nitrogen and oxygen atoms in total. The molecule has 0 aromatic carbocycles. The van der Waals surface area contributed by atoms with Gasteiger partial charge in [0, 0.05) is 19.3 Å². The van der Waals surface area contributed by atoms with Crippen molar-refractivity contribution >= 4 is 21.9 Å². The Morgan fingerprint density at radius 2 is 2.27 bits per heavy atom. The molecule has 0 saturated carbocycles. The third-order valence-electron chi connectivity index (χ3n) is 1.48. The number of nitrogens with zero attached hydrogens (tertiary/aromatic N) is 2. The Morgan fingerprint density at radius 3 is 2.64 bits per heavy atom. The van der Waals surface area contributed by atoms with E-state index in [1.807, 2.05) is 13.2 Å². The molecule has 11 heavy (non-hydrogen) atoms. The van der Waals surface area contributed by atoms with Gasteiger partial charge in [0.25, 0.3) is 0 Å². The summed E-state index contributed by atoms with van der Waals surface area (Å²) >= 11 is 3.32. The molecule has 1 aromatic heterocycles. The Balaban J connectivity index is 3.02. The van der Waals surface area contributed by atoms with E-state index in [0.717, 1.165) is 10.6 Å². The molecular formula is C7H12BrN3. The number of hydrogen-bond donors (Lipinski definition) is 1. The first-order chi connectivity index (χ1) is 5.15. The van der Waals surface area contributed by atoms with Crippen LogP contribution in [0.25, 0.3) is 0 Å². The maximum absolute atomic E-state index is 4.22. The summed E-state index contributed by atoms with van der Waals surface area (Å²) in [5.74, 6) is 0.895. The zero-order valence-corrected chi connectivity index (χ0v) is 8.51. The van der Waals surface area contributed by atoms with Crippen LogP contribution in [0.1, 0.15) is 19.9 Å². The van der Waals surface area contributed by atoms with Crippen LogP contribution in [-0.4, -0.2) is 16.6 Å².